The van der Waals surface area contributed by atoms with Crippen LogP contribution in [0.25, 0.3) is 0 Å². The van der Waals surface area contributed by atoms with Crippen LogP contribution in [0.5, 0.6) is 11.8 Å². The summed E-state index contributed by atoms with van der Waals surface area (Å²) in [7, 11) is -1.54. The summed E-state index contributed by atoms with van der Waals surface area (Å²) in [5, 5.41) is 0. The number of rotatable bonds is 8. The Morgan fingerprint density at radius 1 is 0.838 bits per heavy atom. The Bertz CT molecular complexity index is 1160. The maximum absolute atomic E-state index is 12.0. The second-order valence-electron chi connectivity index (χ2n) is 8.29. The van der Waals surface area contributed by atoms with E-state index in [-0.39, 0.29) is 29.7 Å². The standard InChI is InChI=1S/C15H22N2O3Si.C10H13IN2O3/c1-6-19-14-12(15(18)20-7-2)10-11(13(16)17-14)8-9-21(3,4)5;1-3-15-9-6(10(14)16-4-2)5-7(11)8(12)13-9/h10H,6-7H2,1-5H3,(H2,16,17);5H,3-4H2,1-2H3,(H2,12,13). The first kappa shape index (κ1) is 32.0. The van der Waals surface area contributed by atoms with Crippen LogP contribution in [0.15, 0.2) is 12.1 Å². The second-order valence-corrected chi connectivity index (χ2v) is 14.2. The quantitative estimate of drug-likeness (QED) is 0.185. The van der Waals surface area contributed by atoms with Gasteiger partial charge in [0.1, 0.15) is 30.8 Å². The summed E-state index contributed by atoms with van der Waals surface area (Å²) >= 11 is 2.01. The Morgan fingerprint density at radius 3 is 1.73 bits per heavy atom. The van der Waals surface area contributed by atoms with E-state index in [9.17, 15) is 9.59 Å². The number of nitrogens with zero attached hydrogens (tertiary/aromatic N) is 2. The molecule has 2 aromatic rings. The fourth-order valence-electron chi connectivity index (χ4n) is 2.55. The Hall–Kier alpha value is -3.05. The molecule has 0 bridgehead atoms. The SMILES string of the molecule is CCOC(=O)c1cc(C#C[Si](C)(C)C)c(N)nc1OCC.CCOC(=O)c1cc(I)c(N)nc1OCC. The lowest BCUT2D eigenvalue weighted by Gasteiger charge is -2.11. The van der Waals surface area contributed by atoms with Gasteiger partial charge in [-0.3, -0.25) is 0 Å². The molecule has 2 rings (SSSR count). The minimum Gasteiger partial charge on any atom is -0.477 e. The number of hydrogen-bond donors (Lipinski definition) is 2. The molecule has 0 radical (unpaired) electrons. The molecule has 0 aliphatic heterocycles. The number of carbonyl (C=O) groups excluding carboxylic acids is 2. The molecule has 12 heteroatoms. The number of aromatic nitrogens is 2. The number of esters is 2. The first-order valence-electron chi connectivity index (χ1n) is 11.8. The van der Waals surface area contributed by atoms with E-state index in [2.05, 4.69) is 41.1 Å². The predicted molar refractivity (Wildman–Crippen MR) is 154 cm³/mol. The number of anilines is 2. The van der Waals surface area contributed by atoms with Crippen molar-refractivity contribution < 1.29 is 28.5 Å². The van der Waals surface area contributed by atoms with E-state index in [0.717, 1.165) is 0 Å². The maximum Gasteiger partial charge on any atom is 0.343 e. The molecule has 0 aliphatic rings. The average Bonchev–Trinajstić information content (AvgIpc) is 2.81. The highest BCUT2D eigenvalue weighted by atomic mass is 127. The lowest BCUT2D eigenvalue weighted by molar-refractivity contribution is 0.0510. The molecule has 10 nitrogen and oxygen atoms in total. The Kier molecular flexibility index (Phi) is 13.2. The number of carbonyl (C=O) groups is 2. The van der Waals surface area contributed by atoms with Crippen molar-refractivity contribution in [3.63, 3.8) is 0 Å². The first-order chi connectivity index (χ1) is 17.4. The van der Waals surface area contributed by atoms with E-state index in [1.807, 2.05) is 36.4 Å². The molecular formula is C25H35IN4O6Si. The molecule has 0 fully saturated rings. The number of nitrogen functional groups attached to an aromatic ring is 2. The van der Waals surface area contributed by atoms with E-state index in [1.165, 1.54) is 0 Å². The van der Waals surface area contributed by atoms with Crippen molar-refractivity contribution in [1.29, 1.82) is 0 Å². The Morgan fingerprint density at radius 2 is 1.30 bits per heavy atom. The van der Waals surface area contributed by atoms with Crippen molar-refractivity contribution >= 4 is 54.2 Å². The van der Waals surface area contributed by atoms with Gasteiger partial charge in [-0.2, -0.15) is 9.97 Å². The van der Waals surface area contributed by atoms with Crippen molar-refractivity contribution in [3.05, 3.63) is 32.4 Å². The van der Waals surface area contributed by atoms with Crippen LogP contribution in [0.1, 0.15) is 54.0 Å². The molecule has 37 heavy (non-hydrogen) atoms. The molecule has 0 saturated heterocycles. The Labute approximate surface area is 233 Å². The lowest BCUT2D eigenvalue weighted by Crippen LogP contribution is -2.16. The molecule has 0 saturated carbocycles. The zero-order valence-electron chi connectivity index (χ0n) is 22.4. The van der Waals surface area contributed by atoms with Gasteiger partial charge in [-0.25, -0.2) is 9.59 Å². The van der Waals surface area contributed by atoms with Gasteiger partial charge in [0.05, 0.1) is 35.6 Å². The summed E-state index contributed by atoms with van der Waals surface area (Å²) in [4.78, 5) is 31.7. The molecule has 202 valence electrons. The van der Waals surface area contributed by atoms with Crippen molar-refractivity contribution in [3.8, 4) is 23.2 Å². The van der Waals surface area contributed by atoms with Crippen LogP contribution in [0, 0.1) is 15.0 Å². The topological polar surface area (TPSA) is 149 Å². The minimum absolute atomic E-state index is 0.187. The van der Waals surface area contributed by atoms with Crippen LogP contribution in [0.2, 0.25) is 19.6 Å². The van der Waals surface area contributed by atoms with Gasteiger partial charge in [-0.05, 0) is 62.4 Å². The summed E-state index contributed by atoms with van der Waals surface area (Å²) in [6.07, 6.45) is 0. The first-order valence-corrected chi connectivity index (χ1v) is 16.4. The number of halogens is 1. The van der Waals surface area contributed by atoms with Crippen LogP contribution in [-0.4, -0.2) is 56.4 Å². The molecule has 2 aromatic heterocycles. The van der Waals surface area contributed by atoms with Crippen LogP contribution in [0.3, 0.4) is 0 Å². The van der Waals surface area contributed by atoms with Crippen LogP contribution in [-0.2, 0) is 9.47 Å². The van der Waals surface area contributed by atoms with Crippen molar-refractivity contribution in [1.82, 2.24) is 9.97 Å². The van der Waals surface area contributed by atoms with Crippen molar-refractivity contribution in [2.24, 2.45) is 0 Å². The van der Waals surface area contributed by atoms with Gasteiger partial charge < -0.3 is 30.4 Å². The minimum atomic E-state index is -1.54. The number of pyridine rings is 2. The summed E-state index contributed by atoms with van der Waals surface area (Å²) in [5.74, 6) is 3.10. The van der Waals surface area contributed by atoms with E-state index in [0.29, 0.717) is 40.3 Å². The van der Waals surface area contributed by atoms with E-state index >= 15 is 0 Å². The zero-order valence-corrected chi connectivity index (χ0v) is 25.5. The fourth-order valence-corrected chi connectivity index (χ4v) is 3.50. The monoisotopic (exact) mass is 642 g/mol. The highest BCUT2D eigenvalue weighted by Crippen LogP contribution is 2.24. The molecule has 0 amide bonds. The maximum atomic E-state index is 12.0. The van der Waals surface area contributed by atoms with Gasteiger partial charge >= 0.3 is 11.9 Å². The average molecular weight is 643 g/mol. The molecule has 0 atom stereocenters. The number of hydrogen-bond acceptors (Lipinski definition) is 10. The summed E-state index contributed by atoms with van der Waals surface area (Å²) in [5.41, 5.74) is 15.8. The van der Waals surface area contributed by atoms with Crippen molar-refractivity contribution in [2.45, 2.75) is 47.3 Å². The van der Waals surface area contributed by atoms with Crippen molar-refractivity contribution in [2.75, 3.05) is 37.9 Å². The van der Waals surface area contributed by atoms with Gasteiger partial charge in [-0.1, -0.05) is 25.6 Å². The normalized spacial score (nSPS) is 10.3. The van der Waals surface area contributed by atoms with Crippen LogP contribution in [0.4, 0.5) is 11.6 Å². The van der Waals surface area contributed by atoms with Gasteiger partial charge in [0.15, 0.2) is 0 Å². The zero-order chi connectivity index (χ0) is 28.2. The number of nitrogens with two attached hydrogens (primary N) is 2. The smallest absolute Gasteiger partial charge is 0.343 e. The van der Waals surface area contributed by atoms with Crippen LogP contribution >= 0.6 is 22.6 Å². The Balaban J connectivity index is 0.000000384. The molecule has 2 heterocycles. The van der Waals surface area contributed by atoms with E-state index in [1.54, 1.807) is 26.0 Å². The highest BCUT2D eigenvalue weighted by molar-refractivity contribution is 14.1. The molecule has 0 aromatic carbocycles. The van der Waals surface area contributed by atoms with Gasteiger partial charge in [0.2, 0.25) is 11.8 Å². The molecular weight excluding hydrogens is 607 g/mol. The highest BCUT2D eigenvalue weighted by Gasteiger charge is 2.19. The van der Waals surface area contributed by atoms with E-state index < -0.39 is 20.0 Å². The molecule has 0 spiro atoms. The van der Waals surface area contributed by atoms with Gasteiger partial charge in [0.25, 0.3) is 0 Å². The number of ether oxygens (including phenoxy) is 4. The van der Waals surface area contributed by atoms with Gasteiger partial charge in [0, 0.05) is 0 Å². The third-order valence-electron chi connectivity index (χ3n) is 4.11. The predicted octanol–water partition coefficient (Wildman–Crippen LogP) is 4.31. The van der Waals surface area contributed by atoms with Crippen LogP contribution < -0.4 is 20.9 Å². The summed E-state index contributed by atoms with van der Waals surface area (Å²) in [6, 6.07) is 3.21. The molecule has 0 unspecified atom stereocenters. The third-order valence-corrected chi connectivity index (χ3v) is 5.85. The fraction of sp³-hybridized carbons (Fsp3) is 0.440. The third kappa shape index (κ3) is 10.5. The second kappa shape index (κ2) is 15.3. The molecule has 0 aliphatic carbocycles. The summed E-state index contributed by atoms with van der Waals surface area (Å²) in [6.45, 7) is 14.9. The van der Waals surface area contributed by atoms with Gasteiger partial charge in [-0.15, -0.1) is 5.54 Å². The molecule has 4 N–H and O–H groups in total. The largest absolute Gasteiger partial charge is 0.477 e. The van der Waals surface area contributed by atoms with E-state index in [4.69, 9.17) is 30.4 Å². The summed E-state index contributed by atoms with van der Waals surface area (Å²) < 4.78 is 21.2. The lowest BCUT2D eigenvalue weighted by atomic mass is 10.2.